The molecule has 0 atom stereocenters. The molecule has 25 heavy (non-hydrogen) atoms. The van der Waals surface area contributed by atoms with Gasteiger partial charge in [-0.25, -0.2) is 4.98 Å². The molecule has 4 nitrogen and oxygen atoms in total. The minimum atomic E-state index is 0. The van der Waals surface area contributed by atoms with Gasteiger partial charge in [0, 0.05) is 30.0 Å². The van der Waals surface area contributed by atoms with Crippen molar-refractivity contribution in [2.24, 2.45) is 5.10 Å². The number of hydrogen-bond donors (Lipinski definition) is 2. The molecule has 0 aliphatic carbocycles. The van der Waals surface area contributed by atoms with E-state index in [1.165, 1.54) is 0 Å². The molecule has 1 heterocycles. The number of halogens is 1. The van der Waals surface area contributed by atoms with Crippen LogP contribution in [0.1, 0.15) is 18.3 Å². The minimum Gasteiger partial charge on any atom is -1.00 e. The first kappa shape index (κ1) is 18.6. The van der Waals surface area contributed by atoms with Crippen LogP contribution in [-0.4, -0.2) is 15.8 Å². The molecule has 3 aromatic rings. The van der Waals surface area contributed by atoms with Crippen molar-refractivity contribution < 1.29 is 22.5 Å². The molecule has 3 rings (SSSR count). The summed E-state index contributed by atoms with van der Waals surface area (Å²) in [7, 11) is 0. The van der Waals surface area contributed by atoms with E-state index in [1.54, 1.807) is 12.1 Å². The van der Waals surface area contributed by atoms with E-state index < -0.39 is 0 Å². The van der Waals surface area contributed by atoms with Crippen molar-refractivity contribution in [3.63, 3.8) is 0 Å². The molecule has 0 bridgehead atoms. The molecule has 0 unspecified atom stereocenters. The Balaban J connectivity index is 0.00000225. The van der Waals surface area contributed by atoms with Crippen molar-refractivity contribution in [1.29, 1.82) is 0 Å². The van der Waals surface area contributed by atoms with E-state index in [2.05, 4.69) is 4.98 Å². The Hall–Kier alpha value is -2.69. The van der Waals surface area contributed by atoms with Gasteiger partial charge in [-0.05, 0) is 26.0 Å². The second kappa shape index (κ2) is 8.42. The molecular weight excluding hydrogens is 334 g/mol. The number of pyridine rings is 1. The lowest BCUT2D eigenvalue weighted by Gasteiger charge is -2.13. The fraction of sp³-hybridized carbons (Fsp3) is 0.100. The first-order chi connectivity index (χ1) is 11.6. The van der Waals surface area contributed by atoms with E-state index in [9.17, 15) is 5.11 Å². The van der Waals surface area contributed by atoms with Gasteiger partial charge in [0.1, 0.15) is 17.2 Å². The van der Waals surface area contributed by atoms with Gasteiger partial charge in [-0.2, -0.15) is 0 Å². The van der Waals surface area contributed by atoms with E-state index in [-0.39, 0.29) is 18.2 Å². The van der Waals surface area contributed by atoms with E-state index >= 15 is 0 Å². The lowest BCUT2D eigenvalue weighted by atomic mass is 10.2. The summed E-state index contributed by atoms with van der Waals surface area (Å²) >= 11 is 0. The number of para-hydroxylation sites is 2. The van der Waals surface area contributed by atoms with Crippen molar-refractivity contribution >= 4 is 17.1 Å². The lowest BCUT2D eigenvalue weighted by molar-refractivity contribution is -0.767. The monoisotopic (exact) mass is 353 g/mol. The number of aromatic hydroxyl groups is 1. The maximum atomic E-state index is 10.1. The fourth-order valence-corrected chi connectivity index (χ4v) is 2.52. The summed E-state index contributed by atoms with van der Waals surface area (Å²) in [6.07, 6.45) is 0. The zero-order valence-corrected chi connectivity index (χ0v) is 14.9. The third kappa shape index (κ3) is 4.44. The lowest BCUT2D eigenvalue weighted by Crippen LogP contribution is -3.00. The molecule has 1 aromatic heterocycles. The average molecular weight is 354 g/mol. The van der Waals surface area contributed by atoms with Crippen LogP contribution in [-0.2, 0) is 0 Å². The van der Waals surface area contributed by atoms with Crippen LogP contribution in [0.15, 0.2) is 77.9 Å². The highest BCUT2D eigenvalue weighted by molar-refractivity contribution is 5.98. The summed E-state index contributed by atoms with van der Waals surface area (Å²) < 4.78 is 0. The molecule has 0 saturated heterocycles. The Labute approximate surface area is 153 Å². The van der Waals surface area contributed by atoms with Crippen LogP contribution in [0.2, 0.25) is 0 Å². The first-order valence-corrected chi connectivity index (χ1v) is 7.85. The molecule has 0 amide bonds. The number of aromatic nitrogens is 1. The van der Waals surface area contributed by atoms with Crippen molar-refractivity contribution in [3.8, 4) is 5.75 Å². The number of aryl methyl sites for hydroxylation is 1. The van der Waals surface area contributed by atoms with Crippen LogP contribution >= 0.6 is 0 Å². The van der Waals surface area contributed by atoms with Crippen LogP contribution < -0.4 is 17.4 Å². The molecule has 0 spiro atoms. The molecule has 5 heteroatoms. The molecule has 0 radical (unpaired) electrons. The Kier molecular flexibility index (Phi) is 6.28. The zero-order chi connectivity index (χ0) is 16.9. The zero-order valence-electron chi connectivity index (χ0n) is 14.1. The standard InChI is InChI=1S/C20H19N3O.ClH/c1-15-13-14-19(24)20(21-15)16(2)22-23(17-9-5-3-6-10-17)18-11-7-4-8-12-18;/h3-14,24H,1-2H3;1H. The van der Waals surface area contributed by atoms with Gasteiger partial charge in [-0.3, -0.25) is 0 Å². The summed E-state index contributed by atoms with van der Waals surface area (Å²) in [5.74, 6) is 0.141. The largest absolute Gasteiger partial charge is 1.00 e. The van der Waals surface area contributed by atoms with Gasteiger partial charge in [0.2, 0.25) is 0 Å². The van der Waals surface area contributed by atoms with E-state index in [0.29, 0.717) is 11.4 Å². The van der Waals surface area contributed by atoms with Gasteiger partial charge in [-0.15, -0.1) is 5.01 Å². The Bertz CT molecular complexity index is 812. The Morgan fingerprint density at radius 2 is 1.40 bits per heavy atom. The number of benzene rings is 2. The molecule has 0 aliphatic rings. The van der Waals surface area contributed by atoms with Crippen LogP contribution in [0.3, 0.4) is 0 Å². The minimum absolute atomic E-state index is 0. The summed E-state index contributed by atoms with van der Waals surface area (Å²) in [5.41, 5.74) is 4.09. The highest BCUT2D eigenvalue weighted by Crippen LogP contribution is 2.16. The third-order valence-corrected chi connectivity index (χ3v) is 3.73. The van der Waals surface area contributed by atoms with Crippen LogP contribution in [0.5, 0.6) is 5.75 Å². The van der Waals surface area contributed by atoms with Crippen molar-refractivity contribution in [2.75, 3.05) is 0 Å². The van der Waals surface area contributed by atoms with Gasteiger partial charge in [-0.1, -0.05) is 41.5 Å². The topological polar surface area (TPSA) is 49.9 Å². The maximum absolute atomic E-state index is 10.1. The highest BCUT2D eigenvalue weighted by atomic mass is 35.5. The molecule has 2 N–H and O–H groups in total. The molecule has 0 saturated carbocycles. The SMILES string of the molecule is CC(=N[NH+](c1ccccc1)c1ccccc1)c1nc(C)ccc1O.[Cl-]. The van der Waals surface area contributed by atoms with Gasteiger partial charge in [0.25, 0.3) is 0 Å². The van der Waals surface area contributed by atoms with Crippen molar-refractivity contribution in [2.45, 2.75) is 13.8 Å². The van der Waals surface area contributed by atoms with Crippen molar-refractivity contribution in [3.05, 3.63) is 84.2 Å². The summed E-state index contributed by atoms with van der Waals surface area (Å²) in [5, 5.41) is 15.8. The molecule has 0 aliphatic heterocycles. The number of hydrogen-bond acceptors (Lipinski definition) is 3. The Morgan fingerprint density at radius 1 is 0.880 bits per heavy atom. The highest BCUT2D eigenvalue weighted by Gasteiger charge is 2.17. The second-order valence-electron chi connectivity index (χ2n) is 5.60. The number of rotatable bonds is 4. The number of nitrogens with zero attached hydrogens (tertiary/aromatic N) is 2. The van der Waals surface area contributed by atoms with Gasteiger partial charge in [0.15, 0.2) is 11.4 Å². The summed E-state index contributed by atoms with van der Waals surface area (Å²) in [6, 6.07) is 23.5. The van der Waals surface area contributed by atoms with Gasteiger partial charge < -0.3 is 17.5 Å². The molecule has 0 fully saturated rings. The van der Waals surface area contributed by atoms with Gasteiger partial charge in [0.05, 0.1) is 0 Å². The summed E-state index contributed by atoms with van der Waals surface area (Å²) in [6.45, 7) is 3.77. The van der Waals surface area contributed by atoms with E-state index in [0.717, 1.165) is 22.1 Å². The number of quaternary nitrogens is 1. The Morgan fingerprint density at radius 3 is 1.92 bits per heavy atom. The predicted octanol–water partition coefficient (Wildman–Crippen LogP) is 0.372. The first-order valence-electron chi connectivity index (χ1n) is 7.85. The second-order valence-corrected chi connectivity index (χ2v) is 5.60. The maximum Gasteiger partial charge on any atom is 0.162 e. The van der Waals surface area contributed by atoms with E-state index in [4.69, 9.17) is 5.10 Å². The van der Waals surface area contributed by atoms with Crippen molar-refractivity contribution in [1.82, 2.24) is 4.98 Å². The third-order valence-electron chi connectivity index (χ3n) is 3.73. The fourth-order valence-electron chi connectivity index (χ4n) is 2.52. The van der Waals surface area contributed by atoms with Crippen LogP contribution in [0, 0.1) is 6.92 Å². The molecular formula is C20H20ClN3O. The smallest absolute Gasteiger partial charge is 0.162 e. The molecule has 2 aromatic carbocycles. The van der Waals surface area contributed by atoms with Gasteiger partial charge >= 0.3 is 0 Å². The van der Waals surface area contributed by atoms with Crippen LogP contribution in [0.25, 0.3) is 0 Å². The number of nitrogens with one attached hydrogen (secondary N) is 1. The van der Waals surface area contributed by atoms with E-state index in [1.807, 2.05) is 74.5 Å². The summed E-state index contributed by atoms with van der Waals surface area (Å²) in [4.78, 5) is 4.42. The average Bonchev–Trinajstić information content (AvgIpc) is 2.63. The normalized spacial score (nSPS) is 11.2. The molecule has 128 valence electrons. The quantitative estimate of drug-likeness (QED) is 0.526. The predicted molar refractivity (Wildman–Crippen MR) is 96.0 cm³/mol. The van der Waals surface area contributed by atoms with Crippen LogP contribution in [0.4, 0.5) is 11.4 Å².